The van der Waals surface area contributed by atoms with Gasteiger partial charge in [-0.3, -0.25) is 4.79 Å². The number of carboxylic acid groups (broad SMARTS) is 1. The number of rotatable bonds is 4. The highest BCUT2D eigenvalue weighted by Crippen LogP contribution is 2.32. The molecule has 3 N–H and O–H groups in total. The lowest BCUT2D eigenvalue weighted by molar-refractivity contribution is -0.192. The zero-order valence-electron chi connectivity index (χ0n) is 19.1. The topological polar surface area (TPSA) is 110 Å². The summed E-state index contributed by atoms with van der Waals surface area (Å²) >= 11 is 0. The molecule has 0 saturated carbocycles. The zero-order chi connectivity index (χ0) is 25.6. The van der Waals surface area contributed by atoms with Gasteiger partial charge in [0.2, 0.25) is 0 Å². The molecule has 186 valence electrons. The summed E-state index contributed by atoms with van der Waals surface area (Å²) in [4.78, 5) is 23.8. The average Bonchev–Trinajstić information content (AvgIpc) is 3.25. The first-order chi connectivity index (χ1) is 16.6. The van der Waals surface area contributed by atoms with Crippen molar-refractivity contribution >= 4 is 11.9 Å². The number of nitrogens with two attached hydrogens (primary N) is 1. The zero-order valence-corrected chi connectivity index (χ0v) is 19.1. The second-order valence-corrected chi connectivity index (χ2v) is 8.12. The number of alkyl halides is 3. The van der Waals surface area contributed by atoms with E-state index in [0.29, 0.717) is 23.9 Å². The Bertz CT molecular complexity index is 1150. The molecule has 7 nitrogen and oxygen atoms in total. The molecule has 4 rings (SSSR count). The van der Waals surface area contributed by atoms with Gasteiger partial charge < -0.3 is 20.3 Å². The molecule has 1 aliphatic rings. The number of carboxylic acids is 1. The molecule has 2 aromatic carbocycles. The first-order valence-electron chi connectivity index (χ1n) is 11.0. The minimum Gasteiger partial charge on any atom is -0.475 e. The smallest absolute Gasteiger partial charge is 0.475 e. The van der Waals surface area contributed by atoms with E-state index in [-0.39, 0.29) is 5.91 Å². The standard InChI is InChI=1S/C23H25N3O2.C2HF3O2/c1-16-21(25-28-22(16)18-7-3-2-4-8-18)23(27)26-13-11-17(12-14-26)20-10-6-5-9-19(20)15-24;3-2(4,5)1(6)7/h2-10,17H,11-15,24H2,1H3;(H,6,7). The van der Waals surface area contributed by atoms with Crippen LogP contribution in [0, 0.1) is 6.92 Å². The first-order valence-corrected chi connectivity index (χ1v) is 11.0. The summed E-state index contributed by atoms with van der Waals surface area (Å²) in [6.07, 6.45) is -3.21. The van der Waals surface area contributed by atoms with Crippen LogP contribution in [0.1, 0.15) is 45.9 Å². The number of aliphatic carboxylic acids is 1. The lowest BCUT2D eigenvalue weighted by Gasteiger charge is -2.32. The maximum Gasteiger partial charge on any atom is 0.490 e. The van der Waals surface area contributed by atoms with Gasteiger partial charge in [-0.2, -0.15) is 13.2 Å². The van der Waals surface area contributed by atoms with Gasteiger partial charge in [-0.15, -0.1) is 0 Å². The van der Waals surface area contributed by atoms with Gasteiger partial charge >= 0.3 is 12.1 Å². The molecule has 35 heavy (non-hydrogen) atoms. The monoisotopic (exact) mass is 489 g/mol. The van der Waals surface area contributed by atoms with E-state index in [4.69, 9.17) is 20.2 Å². The minimum atomic E-state index is -5.08. The Morgan fingerprint density at radius 1 is 1.09 bits per heavy atom. The molecule has 10 heteroatoms. The summed E-state index contributed by atoms with van der Waals surface area (Å²) in [6, 6.07) is 18.1. The third-order valence-electron chi connectivity index (χ3n) is 5.90. The van der Waals surface area contributed by atoms with E-state index in [1.807, 2.05) is 48.2 Å². The van der Waals surface area contributed by atoms with Crippen molar-refractivity contribution < 1.29 is 32.4 Å². The highest BCUT2D eigenvalue weighted by molar-refractivity contribution is 5.95. The molecule has 0 unspecified atom stereocenters. The van der Waals surface area contributed by atoms with Crippen LogP contribution in [-0.2, 0) is 11.3 Å². The Morgan fingerprint density at radius 2 is 1.66 bits per heavy atom. The van der Waals surface area contributed by atoms with Gasteiger partial charge in [-0.1, -0.05) is 59.8 Å². The number of hydrogen-bond donors (Lipinski definition) is 2. The molecule has 1 saturated heterocycles. The van der Waals surface area contributed by atoms with E-state index in [0.717, 1.165) is 37.1 Å². The molecular weight excluding hydrogens is 463 g/mol. The molecular formula is C25H26F3N3O4. The SMILES string of the molecule is Cc1c(C(=O)N2CCC(c3ccccc3CN)CC2)noc1-c1ccccc1.O=C(O)C(F)(F)F. The maximum atomic E-state index is 13.0. The van der Waals surface area contributed by atoms with Gasteiger partial charge in [0, 0.05) is 30.8 Å². The van der Waals surface area contributed by atoms with Crippen molar-refractivity contribution in [3.05, 3.63) is 77.0 Å². The lowest BCUT2D eigenvalue weighted by atomic mass is 9.86. The second kappa shape index (κ2) is 11.2. The first kappa shape index (κ1) is 26.0. The van der Waals surface area contributed by atoms with Crippen molar-refractivity contribution in [2.45, 2.75) is 38.4 Å². The number of piperidine rings is 1. The van der Waals surface area contributed by atoms with Crippen LogP contribution in [0.2, 0.25) is 0 Å². The number of carbonyl (C=O) groups excluding carboxylic acids is 1. The molecule has 1 amide bonds. The van der Waals surface area contributed by atoms with E-state index in [9.17, 15) is 18.0 Å². The number of aromatic nitrogens is 1. The van der Waals surface area contributed by atoms with Crippen molar-refractivity contribution in [2.24, 2.45) is 5.73 Å². The van der Waals surface area contributed by atoms with E-state index in [1.54, 1.807) is 0 Å². The number of nitrogens with zero attached hydrogens (tertiary/aromatic N) is 2. The molecule has 1 aromatic heterocycles. The van der Waals surface area contributed by atoms with Gasteiger partial charge in [0.1, 0.15) is 0 Å². The molecule has 0 aliphatic carbocycles. The third kappa shape index (κ3) is 6.27. The summed E-state index contributed by atoms with van der Waals surface area (Å²) in [5, 5.41) is 11.2. The summed E-state index contributed by atoms with van der Waals surface area (Å²) in [7, 11) is 0. The predicted octanol–water partition coefficient (Wildman–Crippen LogP) is 4.76. The molecule has 1 fully saturated rings. The van der Waals surface area contributed by atoms with Crippen LogP contribution in [0.25, 0.3) is 11.3 Å². The number of likely N-dealkylation sites (tertiary alicyclic amines) is 1. The third-order valence-corrected chi connectivity index (χ3v) is 5.90. The van der Waals surface area contributed by atoms with E-state index in [1.165, 1.54) is 11.1 Å². The number of benzene rings is 2. The largest absolute Gasteiger partial charge is 0.490 e. The van der Waals surface area contributed by atoms with Crippen LogP contribution in [0.3, 0.4) is 0 Å². The highest BCUT2D eigenvalue weighted by Gasteiger charge is 2.38. The summed E-state index contributed by atoms with van der Waals surface area (Å²) in [5.41, 5.74) is 10.6. The fourth-order valence-electron chi connectivity index (χ4n) is 4.06. The van der Waals surface area contributed by atoms with Crippen LogP contribution in [0.5, 0.6) is 0 Å². The Balaban J connectivity index is 0.000000429. The fourth-order valence-corrected chi connectivity index (χ4v) is 4.06. The predicted molar refractivity (Wildman–Crippen MR) is 123 cm³/mol. The molecule has 0 spiro atoms. The van der Waals surface area contributed by atoms with Crippen LogP contribution in [-0.4, -0.2) is 46.3 Å². The Kier molecular flexibility index (Phi) is 8.29. The summed E-state index contributed by atoms with van der Waals surface area (Å²) < 4.78 is 37.2. The highest BCUT2D eigenvalue weighted by atomic mass is 19.4. The Morgan fingerprint density at radius 3 is 2.23 bits per heavy atom. The average molecular weight is 489 g/mol. The van der Waals surface area contributed by atoms with Gasteiger partial charge in [0.25, 0.3) is 5.91 Å². The van der Waals surface area contributed by atoms with Gasteiger partial charge in [-0.05, 0) is 36.8 Å². The fraction of sp³-hybridized carbons (Fsp3) is 0.320. The van der Waals surface area contributed by atoms with Crippen LogP contribution < -0.4 is 5.73 Å². The Hall–Kier alpha value is -3.66. The molecule has 3 aromatic rings. The van der Waals surface area contributed by atoms with Crippen LogP contribution in [0.15, 0.2) is 59.1 Å². The van der Waals surface area contributed by atoms with Crippen molar-refractivity contribution in [3.8, 4) is 11.3 Å². The number of amides is 1. The van der Waals surface area contributed by atoms with E-state index >= 15 is 0 Å². The summed E-state index contributed by atoms with van der Waals surface area (Å²) in [5.74, 6) is -1.70. The maximum absolute atomic E-state index is 13.0. The Labute approximate surface area is 200 Å². The number of carbonyl (C=O) groups is 2. The van der Waals surface area contributed by atoms with Crippen molar-refractivity contribution in [2.75, 3.05) is 13.1 Å². The van der Waals surface area contributed by atoms with Crippen LogP contribution in [0.4, 0.5) is 13.2 Å². The second-order valence-electron chi connectivity index (χ2n) is 8.12. The molecule has 0 bridgehead atoms. The minimum absolute atomic E-state index is 0.0472. The van der Waals surface area contributed by atoms with Crippen molar-refractivity contribution in [3.63, 3.8) is 0 Å². The molecule has 1 aliphatic heterocycles. The van der Waals surface area contributed by atoms with E-state index in [2.05, 4.69) is 23.4 Å². The van der Waals surface area contributed by atoms with Crippen molar-refractivity contribution in [1.82, 2.24) is 10.1 Å². The van der Waals surface area contributed by atoms with Gasteiger partial charge in [0.05, 0.1) is 0 Å². The summed E-state index contributed by atoms with van der Waals surface area (Å²) in [6.45, 7) is 3.89. The molecule has 0 radical (unpaired) electrons. The van der Waals surface area contributed by atoms with Crippen LogP contribution >= 0.6 is 0 Å². The number of halogens is 3. The van der Waals surface area contributed by atoms with Gasteiger partial charge in [0.15, 0.2) is 11.5 Å². The van der Waals surface area contributed by atoms with E-state index < -0.39 is 12.1 Å². The quantitative estimate of drug-likeness (QED) is 0.547. The lowest BCUT2D eigenvalue weighted by Crippen LogP contribution is -2.38. The van der Waals surface area contributed by atoms with Gasteiger partial charge in [-0.25, -0.2) is 4.79 Å². The van der Waals surface area contributed by atoms with Crippen molar-refractivity contribution in [1.29, 1.82) is 0 Å². The normalized spacial score (nSPS) is 14.3. The molecule has 2 heterocycles. The molecule has 0 atom stereocenters. The number of hydrogen-bond acceptors (Lipinski definition) is 5.